The Hall–Kier alpha value is -0.950. The molecule has 0 bridgehead atoms. The minimum absolute atomic E-state index is 0.237. The van der Waals surface area contributed by atoms with E-state index < -0.39 is 5.97 Å². The van der Waals surface area contributed by atoms with Gasteiger partial charge < -0.3 is 19.9 Å². The summed E-state index contributed by atoms with van der Waals surface area (Å²) in [5, 5.41) is 12.3. The molecule has 1 aliphatic heterocycles. The van der Waals surface area contributed by atoms with Gasteiger partial charge in [0.25, 0.3) is 0 Å². The molecule has 0 spiro atoms. The van der Waals surface area contributed by atoms with Crippen molar-refractivity contribution in [2.45, 2.75) is 25.5 Å². The van der Waals surface area contributed by atoms with E-state index in [1.165, 1.54) is 11.3 Å². The maximum atomic E-state index is 10.9. The molecule has 5 nitrogen and oxygen atoms in total. The van der Waals surface area contributed by atoms with Gasteiger partial charge in [-0.3, -0.25) is 0 Å². The summed E-state index contributed by atoms with van der Waals surface area (Å²) >= 11 is 1.31. The fraction of sp³-hybridized carbons (Fsp3) is 0.615. The molecular weight excluding hydrogens is 266 g/mol. The Morgan fingerprint density at radius 1 is 1.68 bits per heavy atom. The first-order chi connectivity index (χ1) is 9.06. The van der Waals surface area contributed by atoms with Crippen LogP contribution in [0.3, 0.4) is 0 Å². The van der Waals surface area contributed by atoms with Gasteiger partial charge in [-0.15, -0.1) is 11.3 Å². The third kappa shape index (κ3) is 3.33. The van der Waals surface area contributed by atoms with E-state index in [1.54, 1.807) is 13.2 Å². The second-order valence-corrected chi connectivity index (χ2v) is 6.05. The van der Waals surface area contributed by atoms with Crippen LogP contribution >= 0.6 is 11.3 Å². The summed E-state index contributed by atoms with van der Waals surface area (Å²) in [6.07, 6.45) is 0.888. The molecule has 2 rings (SSSR count). The third-order valence-corrected chi connectivity index (χ3v) is 4.57. The van der Waals surface area contributed by atoms with E-state index in [-0.39, 0.29) is 5.60 Å². The van der Waals surface area contributed by atoms with Crippen LogP contribution in [0.2, 0.25) is 0 Å². The molecule has 6 heteroatoms. The summed E-state index contributed by atoms with van der Waals surface area (Å²) in [5.41, 5.74) is 0.798. The van der Waals surface area contributed by atoms with Crippen molar-refractivity contribution in [2.75, 3.05) is 26.9 Å². The molecular formula is C13H19NO4S. The third-order valence-electron chi connectivity index (χ3n) is 3.49. The fourth-order valence-electron chi connectivity index (χ4n) is 2.19. The lowest BCUT2D eigenvalue weighted by Crippen LogP contribution is -2.42. The first-order valence-corrected chi connectivity index (χ1v) is 7.04. The molecule has 1 unspecified atom stereocenters. The lowest BCUT2D eigenvalue weighted by molar-refractivity contribution is -0.0159. The highest BCUT2D eigenvalue weighted by molar-refractivity contribution is 7.14. The number of thiophene rings is 1. The molecule has 0 saturated carbocycles. The predicted molar refractivity (Wildman–Crippen MR) is 72.9 cm³/mol. The Bertz CT molecular complexity index is 451. The van der Waals surface area contributed by atoms with E-state index in [9.17, 15) is 4.79 Å². The maximum absolute atomic E-state index is 10.9. The maximum Gasteiger partial charge on any atom is 0.345 e. The molecule has 0 aliphatic carbocycles. The first kappa shape index (κ1) is 14.5. The highest BCUT2D eigenvalue weighted by atomic mass is 32.1. The van der Waals surface area contributed by atoms with Crippen molar-refractivity contribution in [3.63, 3.8) is 0 Å². The molecule has 2 N–H and O–H groups in total. The van der Waals surface area contributed by atoms with E-state index in [1.807, 2.05) is 6.92 Å². The fourth-order valence-corrected chi connectivity index (χ4v) is 3.07. The topological polar surface area (TPSA) is 67.8 Å². The summed E-state index contributed by atoms with van der Waals surface area (Å²) in [5.74, 6) is -0.864. The van der Waals surface area contributed by atoms with Gasteiger partial charge in [-0.25, -0.2) is 4.79 Å². The van der Waals surface area contributed by atoms with Crippen molar-refractivity contribution in [3.05, 3.63) is 21.4 Å². The Kier molecular flexibility index (Phi) is 4.57. The molecule has 0 aromatic carbocycles. The van der Waals surface area contributed by atoms with Gasteiger partial charge in [-0.05, 0) is 18.6 Å². The van der Waals surface area contributed by atoms with Gasteiger partial charge >= 0.3 is 5.97 Å². The predicted octanol–water partition coefficient (Wildman–Crippen LogP) is 1.65. The van der Waals surface area contributed by atoms with Crippen LogP contribution in [0.15, 0.2) is 6.07 Å². The lowest BCUT2D eigenvalue weighted by atomic mass is 10.0. The second kappa shape index (κ2) is 6.00. The van der Waals surface area contributed by atoms with Crippen LogP contribution in [-0.2, 0) is 16.0 Å². The van der Waals surface area contributed by atoms with Gasteiger partial charge in [0.15, 0.2) is 0 Å². The van der Waals surface area contributed by atoms with Gasteiger partial charge in [0.05, 0.1) is 6.61 Å². The SMILES string of the molecule is COC1(CNCc2cc(C(=O)O)sc2C)CCOC1. The van der Waals surface area contributed by atoms with Crippen LogP contribution in [0.1, 0.15) is 26.5 Å². The smallest absolute Gasteiger partial charge is 0.345 e. The van der Waals surface area contributed by atoms with Crippen LogP contribution in [-0.4, -0.2) is 43.5 Å². The van der Waals surface area contributed by atoms with E-state index in [0.29, 0.717) is 24.6 Å². The van der Waals surface area contributed by atoms with Gasteiger partial charge in [-0.2, -0.15) is 0 Å². The average Bonchev–Trinajstić information content (AvgIpc) is 2.98. The van der Waals surface area contributed by atoms with Crippen molar-refractivity contribution >= 4 is 17.3 Å². The molecule has 0 radical (unpaired) electrons. The van der Waals surface area contributed by atoms with Crippen LogP contribution < -0.4 is 5.32 Å². The van der Waals surface area contributed by atoms with Gasteiger partial charge in [0.2, 0.25) is 0 Å². The van der Waals surface area contributed by atoms with Gasteiger partial charge in [0.1, 0.15) is 10.5 Å². The minimum atomic E-state index is -0.864. The molecule has 1 aromatic heterocycles. The van der Waals surface area contributed by atoms with Crippen molar-refractivity contribution in [2.24, 2.45) is 0 Å². The summed E-state index contributed by atoms with van der Waals surface area (Å²) in [6, 6.07) is 1.74. The summed E-state index contributed by atoms with van der Waals surface area (Å²) < 4.78 is 10.9. The molecule has 1 aliphatic rings. The molecule has 1 saturated heterocycles. The number of carbonyl (C=O) groups is 1. The summed E-state index contributed by atoms with van der Waals surface area (Å²) in [7, 11) is 1.70. The molecule has 2 heterocycles. The zero-order chi connectivity index (χ0) is 13.9. The first-order valence-electron chi connectivity index (χ1n) is 6.22. The molecule has 19 heavy (non-hydrogen) atoms. The molecule has 1 atom stereocenters. The number of carboxylic acid groups (broad SMARTS) is 1. The van der Waals surface area contributed by atoms with Crippen LogP contribution in [0.25, 0.3) is 0 Å². The zero-order valence-electron chi connectivity index (χ0n) is 11.2. The molecule has 0 amide bonds. The van der Waals surface area contributed by atoms with Crippen molar-refractivity contribution in [1.29, 1.82) is 0 Å². The number of hydrogen-bond donors (Lipinski definition) is 2. The van der Waals surface area contributed by atoms with Gasteiger partial charge in [-0.1, -0.05) is 0 Å². The van der Waals surface area contributed by atoms with Crippen molar-refractivity contribution < 1.29 is 19.4 Å². The molecule has 1 fully saturated rings. The largest absolute Gasteiger partial charge is 0.477 e. The number of hydrogen-bond acceptors (Lipinski definition) is 5. The monoisotopic (exact) mass is 285 g/mol. The number of nitrogens with one attached hydrogen (secondary N) is 1. The Morgan fingerprint density at radius 2 is 2.47 bits per heavy atom. The zero-order valence-corrected chi connectivity index (χ0v) is 12.0. The quantitative estimate of drug-likeness (QED) is 0.832. The number of aromatic carboxylic acids is 1. The van der Waals surface area contributed by atoms with Crippen molar-refractivity contribution in [3.8, 4) is 0 Å². The number of carboxylic acids is 1. The minimum Gasteiger partial charge on any atom is -0.477 e. The van der Waals surface area contributed by atoms with E-state index in [2.05, 4.69) is 5.32 Å². The van der Waals surface area contributed by atoms with Crippen LogP contribution in [0.5, 0.6) is 0 Å². The standard InChI is InChI=1S/C13H19NO4S/c1-9-10(5-11(19-9)12(15)16)6-14-7-13(17-2)3-4-18-8-13/h5,14H,3-4,6-8H2,1-2H3,(H,15,16). The van der Waals surface area contributed by atoms with Crippen LogP contribution in [0.4, 0.5) is 0 Å². The van der Waals surface area contributed by atoms with Crippen LogP contribution in [0, 0.1) is 6.92 Å². The van der Waals surface area contributed by atoms with E-state index >= 15 is 0 Å². The Labute approximate surface area is 116 Å². The van der Waals surface area contributed by atoms with E-state index in [4.69, 9.17) is 14.6 Å². The molecule has 106 valence electrons. The number of aryl methyl sites for hydroxylation is 1. The summed E-state index contributed by atoms with van der Waals surface area (Å²) in [6.45, 7) is 4.65. The number of ether oxygens (including phenoxy) is 2. The lowest BCUT2D eigenvalue weighted by Gasteiger charge is -2.26. The van der Waals surface area contributed by atoms with E-state index in [0.717, 1.165) is 23.5 Å². The Balaban J connectivity index is 1.90. The van der Waals surface area contributed by atoms with Gasteiger partial charge in [0, 0.05) is 38.1 Å². The number of methoxy groups -OCH3 is 1. The normalized spacial score (nSPS) is 22.8. The number of rotatable bonds is 6. The summed E-state index contributed by atoms with van der Waals surface area (Å²) in [4.78, 5) is 12.3. The Morgan fingerprint density at radius 3 is 3.00 bits per heavy atom. The van der Waals surface area contributed by atoms with Crippen molar-refractivity contribution in [1.82, 2.24) is 5.32 Å². The second-order valence-electron chi connectivity index (χ2n) is 4.79. The average molecular weight is 285 g/mol. The highest BCUT2D eigenvalue weighted by Crippen LogP contribution is 2.23. The molecule has 1 aromatic rings. The highest BCUT2D eigenvalue weighted by Gasteiger charge is 2.34.